The van der Waals surface area contributed by atoms with E-state index in [1.54, 1.807) is 0 Å². The highest BCUT2D eigenvalue weighted by molar-refractivity contribution is 6.92. The highest BCUT2D eigenvalue weighted by Gasteiger charge is 2.52. The maximum Gasteiger partial charge on any atom is 0.317 e. The van der Waals surface area contributed by atoms with E-state index in [2.05, 4.69) is 112 Å². The molecule has 0 aliphatic rings. The molecule has 0 aromatic carbocycles. The molecule has 0 aliphatic carbocycles. The predicted octanol–water partition coefficient (Wildman–Crippen LogP) is 12.1. The first-order valence-electron chi connectivity index (χ1n) is 21.6. The smallest absolute Gasteiger partial charge is 0.317 e. The summed E-state index contributed by atoms with van der Waals surface area (Å²) in [4.78, 5) is 0. The molecule has 0 aromatic rings. The number of hydrogen-bond acceptors (Lipinski definition) is 9. The molecule has 0 heterocycles. The van der Waals surface area contributed by atoms with Gasteiger partial charge in [-0.3, -0.25) is 0 Å². The summed E-state index contributed by atoms with van der Waals surface area (Å²) in [7, 11) is -18.6. The lowest BCUT2D eigenvalue weighted by atomic mass is 10.1. The third kappa shape index (κ3) is 31.3. The second-order valence-corrected chi connectivity index (χ2v) is 53.0. The number of ether oxygens (including phenoxy) is 1. The van der Waals surface area contributed by atoms with Gasteiger partial charge in [0.2, 0.25) is 0 Å². The largest absolute Gasteiger partial charge is 0.456 e. The van der Waals surface area contributed by atoms with E-state index in [1.165, 1.54) is 70.6 Å². The summed E-state index contributed by atoms with van der Waals surface area (Å²) in [6.45, 7) is 38.8. The minimum Gasteiger partial charge on any atom is -0.456 e. The average molecular weight is 906 g/mol. The molecule has 0 rings (SSSR count). The molecule has 0 radical (unpaired) electrons. The highest BCUT2D eigenvalue weighted by Crippen LogP contribution is 2.36. The minimum absolute atomic E-state index is 0.0973. The van der Waals surface area contributed by atoms with Crippen molar-refractivity contribution in [2.45, 2.75) is 226 Å². The van der Waals surface area contributed by atoms with Crippen LogP contribution in [0.5, 0.6) is 0 Å². The Morgan fingerprint density at radius 3 is 1.20 bits per heavy atom. The van der Waals surface area contributed by atoms with Crippen LogP contribution in [0.4, 0.5) is 0 Å². The molecule has 0 aliphatic heterocycles. The summed E-state index contributed by atoms with van der Waals surface area (Å²) in [6.07, 6.45) is 15.0. The van der Waals surface area contributed by atoms with Crippen molar-refractivity contribution in [3.63, 3.8) is 0 Å². The molecule has 0 bridgehead atoms. The summed E-state index contributed by atoms with van der Waals surface area (Å²) >= 11 is 0. The Kier molecular flexibility index (Phi) is 25.9. The molecule has 54 heavy (non-hydrogen) atoms. The van der Waals surface area contributed by atoms with Gasteiger partial charge in [0.15, 0.2) is 39.6 Å². The summed E-state index contributed by atoms with van der Waals surface area (Å²) in [6, 6.07) is 3.47. The van der Waals surface area contributed by atoms with Gasteiger partial charge in [0.1, 0.15) is 0 Å². The van der Waals surface area contributed by atoms with Crippen molar-refractivity contribution in [3.8, 4) is 0 Å². The van der Waals surface area contributed by atoms with Crippen LogP contribution in [-0.4, -0.2) is 97.2 Å². The van der Waals surface area contributed by atoms with Crippen molar-refractivity contribution >= 4 is 67.5 Å². The maximum atomic E-state index is 9.30. The van der Waals surface area contributed by atoms with Gasteiger partial charge in [0, 0.05) is 6.61 Å². The third-order valence-corrected chi connectivity index (χ3v) is 38.3. The molecule has 3 atom stereocenters. The Hall–Kier alpha value is 1.38. The van der Waals surface area contributed by atoms with Crippen molar-refractivity contribution in [3.05, 3.63) is 0 Å². The highest BCUT2D eigenvalue weighted by atomic mass is 28.5. The Morgan fingerprint density at radius 1 is 0.389 bits per heavy atom. The summed E-state index contributed by atoms with van der Waals surface area (Å²) in [5.74, 6) is 0. The van der Waals surface area contributed by atoms with Crippen molar-refractivity contribution in [2.24, 2.45) is 0 Å². The van der Waals surface area contributed by atoms with Gasteiger partial charge in [0.25, 0.3) is 0 Å². The second-order valence-electron chi connectivity index (χ2n) is 20.3. The summed E-state index contributed by atoms with van der Waals surface area (Å²) in [5, 5.41) is 18.6. The van der Waals surface area contributed by atoms with Crippen LogP contribution in [0.1, 0.15) is 90.4 Å². The molecule has 3 unspecified atom stereocenters. The number of aliphatic hydroxyl groups excluding tert-OH is 1. The predicted molar refractivity (Wildman–Crippen MR) is 250 cm³/mol. The Bertz CT molecular complexity index is 992. The quantitative estimate of drug-likeness (QED) is 0.0371. The molecular formula is C37H92O9Si8. The molecule has 0 aromatic heterocycles. The molecule has 2 N–H and O–H groups in total. The van der Waals surface area contributed by atoms with Gasteiger partial charge < -0.3 is 39.6 Å². The first-order chi connectivity index (χ1) is 24.4. The van der Waals surface area contributed by atoms with Crippen LogP contribution < -0.4 is 0 Å². The fraction of sp³-hybridized carbons (Fsp3) is 1.00. The fourth-order valence-corrected chi connectivity index (χ4v) is 47.7. The Balaban J connectivity index is 6.35. The molecule has 0 saturated carbocycles. The lowest BCUT2D eigenvalue weighted by Crippen LogP contribution is -2.62. The fourth-order valence-electron chi connectivity index (χ4n) is 7.59. The van der Waals surface area contributed by atoms with E-state index in [4.69, 9.17) is 29.4 Å². The lowest BCUT2D eigenvalue weighted by Gasteiger charge is -2.46. The average Bonchev–Trinajstić information content (AvgIpc) is 2.92. The van der Waals surface area contributed by atoms with Gasteiger partial charge in [-0.05, 0) is 135 Å². The van der Waals surface area contributed by atoms with Crippen LogP contribution in [0.15, 0.2) is 0 Å². The van der Waals surface area contributed by atoms with Crippen molar-refractivity contribution in [2.75, 3.05) is 13.2 Å². The minimum atomic E-state index is -2.93. The van der Waals surface area contributed by atoms with E-state index in [0.29, 0.717) is 6.61 Å². The van der Waals surface area contributed by atoms with Gasteiger partial charge in [0.05, 0.1) is 6.61 Å². The molecule has 0 fully saturated rings. The van der Waals surface area contributed by atoms with Crippen LogP contribution in [-0.2, 0) is 29.4 Å². The number of unbranched alkanes of at least 4 members (excludes halogenated alkanes) is 11. The van der Waals surface area contributed by atoms with Crippen molar-refractivity contribution < 1.29 is 39.6 Å². The van der Waals surface area contributed by atoms with Gasteiger partial charge in [-0.1, -0.05) is 84.0 Å². The summed E-state index contributed by atoms with van der Waals surface area (Å²) < 4.78 is 48.6. The molecule has 9 nitrogen and oxygen atoms in total. The first kappa shape index (κ1) is 55.4. The van der Waals surface area contributed by atoms with Crippen LogP contribution in [0.25, 0.3) is 0 Å². The normalized spacial score (nSPS) is 17.1. The lowest BCUT2D eigenvalue weighted by molar-refractivity contribution is -0.0945. The zero-order chi connectivity index (χ0) is 42.0. The Morgan fingerprint density at radius 2 is 0.778 bits per heavy atom. The number of rotatable bonds is 34. The van der Waals surface area contributed by atoms with E-state index in [9.17, 15) is 10.2 Å². The van der Waals surface area contributed by atoms with Crippen LogP contribution >= 0.6 is 0 Å². The number of aliphatic hydroxyl groups is 2. The molecular weight excluding hydrogens is 813 g/mol. The van der Waals surface area contributed by atoms with Crippen molar-refractivity contribution in [1.29, 1.82) is 0 Å². The van der Waals surface area contributed by atoms with Crippen LogP contribution in [0.3, 0.4) is 0 Å². The third-order valence-electron chi connectivity index (χ3n) is 8.83. The van der Waals surface area contributed by atoms with Crippen molar-refractivity contribution in [1.82, 2.24) is 0 Å². The topological polar surface area (TPSA) is 105 Å². The molecule has 0 amide bonds. The van der Waals surface area contributed by atoms with E-state index in [0.717, 1.165) is 37.0 Å². The Labute approximate surface area is 344 Å². The molecule has 17 heteroatoms. The standard InChI is InChI=1S/C37H92O9Si8/c1-18-19-20-21-22-23-24-25-26-27-28-29-32-53(16,44-51(13,14)42-48(5,6)7)46-54(17,35-34-50(11,12)41-47(2,3)4)45-52(15,43-49(8,9)10)33-30-31-40-36-37(38)39/h37-39H,18-36H2,1-17H3. The zero-order valence-corrected chi connectivity index (χ0v) is 46.8. The van der Waals surface area contributed by atoms with Gasteiger partial charge >= 0.3 is 34.2 Å². The van der Waals surface area contributed by atoms with E-state index in [1.807, 2.05) is 0 Å². The van der Waals surface area contributed by atoms with Gasteiger partial charge in [-0.15, -0.1) is 0 Å². The molecule has 0 saturated heterocycles. The van der Waals surface area contributed by atoms with E-state index in [-0.39, 0.29) is 6.61 Å². The van der Waals surface area contributed by atoms with Crippen LogP contribution in [0.2, 0.25) is 129 Å². The molecule has 326 valence electrons. The number of hydrogen-bond donors (Lipinski definition) is 2. The van der Waals surface area contributed by atoms with E-state index >= 15 is 0 Å². The SMILES string of the molecule is CCCCCCCCCCCCCC[Si](C)(O[Si](C)(C)O[Si](C)(C)C)O[Si](C)(CC[Si](C)(C)O[Si](C)(C)C)O[Si](C)(CCCOCC(O)O)O[Si](C)(C)C. The van der Waals surface area contributed by atoms with Gasteiger partial charge in [-0.2, -0.15) is 0 Å². The maximum absolute atomic E-state index is 9.30. The molecule has 0 spiro atoms. The monoisotopic (exact) mass is 904 g/mol. The van der Waals surface area contributed by atoms with E-state index < -0.39 is 73.8 Å². The summed E-state index contributed by atoms with van der Waals surface area (Å²) in [5.41, 5.74) is 0. The van der Waals surface area contributed by atoms with Crippen LogP contribution in [0, 0.1) is 0 Å². The van der Waals surface area contributed by atoms with Gasteiger partial charge in [-0.25, -0.2) is 0 Å². The second kappa shape index (κ2) is 25.2. The zero-order valence-electron chi connectivity index (χ0n) is 38.8. The first-order valence-corrected chi connectivity index (χ1v) is 45.3.